The topological polar surface area (TPSA) is 26.0 Å². The molecule has 0 spiro atoms. The van der Waals surface area contributed by atoms with Gasteiger partial charge in [-0.2, -0.15) is 0 Å². The van der Waals surface area contributed by atoms with Gasteiger partial charge < -0.3 is 5.73 Å². The van der Waals surface area contributed by atoms with Crippen molar-refractivity contribution in [3.8, 4) is 11.8 Å². The van der Waals surface area contributed by atoms with E-state index in [-0.39, 0.29) is 0 Å². The van der Waals surface area contributed by atoms with Crippen LogP contribution in [-0.2, 0) is 0 Å². The summed E-state index contributed by atoms with van der Waals surface area (Å²) in [5, 5.41) is 0. The molecule has 0 aliphatic rings. The Bertz CT molecular complexity index is 204. The molecule has 2 heteroatoms. The van der Waals surface area contributed by atoms with E-state index in [1.807, 2.05) is 0 Å². The number of hydrogen-bond donors (Lipinski definition) is 1. The van der Waals surface area contributed by atoms with Gasteiger partial charge >= 0.3 is 0 Å². The number of nitrogens with two attached hydrogens (primary N) is 1. The molecule has 0 unspecified atom stereocenters. The molecule has 0 aliphatic carbocycles. The summed E-state index contributed by atoms with van der Waals surface area (Å²) >= 11 is 2.45. The van der Waals surface area contributed by atoms with Crippen molar-refractivity contribution < 1.29 is 0 Å². The first kappa shape index (κ1) is 15.2. The first-order valence-corrected chi connectivity index (χ1v) is 7.06. The molecule has 0 heterocycles. The predicted molar refractivity (Wildman–Crippen MR) is 77.0 cm³/mol. The number of alkyl halides is 1. The van der Waals surface area contributed by atoms with Crippen LogP contribution in [0.2, 0.25) is 0 Å². The Morgan fingerprint density at radius 1 is 1.13 bits per heavy atom. The molecule has 1 nitrogen and oxygen atoms in total. The molecule has 0 rings (SSSR count). The molecule has 0 aromatic heterocycles. The Labute approximate surface area is 109 Å². The third kappa shape index (κ3) is 7.19. The lowest BCUT2D eigenvalue weighted by atomic mass is 9.82. The van der Waals surface area contributed by atoms with E-state index in [2.05, 4.69) is 62.1 Å². The number of halogens is 1. The van der Waals surface area contributed by atoms with Crippen LogP contribution in [0, 0.1) is 29.6 Å². The molecule has 0 saturated heterocycles. The molecule has 0 bridgehead atoms. The molecule has 0 fully saturated rings. The molecule has 0 amide bonds. The summed E-state index contributed by atoms with van der Waals surface area (Å²) in [6, 6.07) is 0. The smallest absolute Gasteiger partial charge is 0.0721 e. The molecule has 0 aromatic carbocycles. The van der Waals surface area contributed by atoms with Gasteiger partial charge in [-0.1, -0.05) is 56.2 Å². The minimum Gasteiger partial charge on any atom is -0.330 e. The summed E-state index contributed by atoms with van der Waals surface area (Å²) in [7, 11) is 0. The highest BCUT2D eigenvalue weighted by molar-refractivity contribution is 14.1. The molecule has 0 aromatic rings. The summed E-state index contributed by atoms with van der Waals surface area (Å²) in [5.74, 6) is 8.69. The van der Waals surface area contributed by atoms with Gasteiger partial charge in [0.25, 0.3) is 0 Å². The summed E-state index contributed by atoms with van der Waals surface area (Å²) in [4.78, 5) is 0. The Balaban J connectivity index is 4.13. The molecular weight excluding hydrogens is 297 g/mol. The molecule has 1 atom stereocenters. The van der Waals surface area contributed by atoms with Crippen LogP contribution in [0.5, 0.6) is 0 Å². The minimum absolute atomic E-state index is 0.476. The van der Waals surface area contributed by atoms with Gasteiger partial charge in [-0.3, -0.25) is 0 Å². The van der Waals surface area contributed by atoms with Gasteiger partial charge in [-0.25, -0.2) is 0 Å². The molecular formula is C13H24IN. The third-order valence-electron chi connectivity index (χ3n) is 2.72. The van der Waals surface area contributed by atoms with E-state index in [1.165, 1.54) is 6.42 Å². The van der Waals surface area contributed by atoms with Crippen LogP contribution >= 0.6 is 22.6 Å². The Morgan fingerprint density at radius 2 is 1.67 bits per heavy atom. The number of rotatable bonds is 5. The zero-order chi connectivity index (χ0) is 11.8. The van der Waals surface area contributed by atoms with Gasteiger partial charge in [-0.05, 0) is 24.2 Å². The van der Waals surface area contributed by atoms with Gasteiger partial charge in [0.05, 0.1) is 3.92 Å². The van der Waals surface area contributed by atoms with E-state index in [4.69, 9.17) is 5.73 Å². The van der Waals surface area contributed by atoms with Crippen LogP contribution in [0.1, 0.15) is 40.5 Å². The van der Waals surface area contributed by atoms with E-state index in [0.29, 0.717) is 10.5 Å². The van der Waals surface area contributed by atoms with Gasteiger partial charge in [-0.15, -0.1) is 5.92 Å². The Hall–Kier alpha value is 0.250. The molecule has 88 valence electrons. The van der Waals surface area contributed by atoms with Crippen molar-refractivity contribution in [1.82, 2.24) is 0 Å². The quantitative estimate of drug-likeness (QED) is 0.468. The van der Waals surface area contributed by atoms with Crippen molar-refractivity contribution in [2.75, 3.05) is 6.54 Å². The first-order chi connectivity index (χ1) is 6.99. The van der Waals surface area contributed by atoms with Gasteiger partial charge in [0.15, 0.2) is 0 Å². The second kappa shape index (κ2) is 8.41. The molecule has 0 saturated carbocycles. The lowest BCUT2D eigenvalue weighted by Gasteiger charge is -2.25. The van der Waals surface area contributed by atoms with Crippen LogP contribution in [0.3, 0.4) is 0 Å². The maximum atomic E-state index is 5.41. The van der Waals surface area contributed by atoms with Crippen molar-refractivity contribution in [2.24, 2.45) is 23.5 Å². The summed E-state index contributed by atoms with van der Waals surface area (Å²) < 4.78 is 0.476. The molecule has 0 aliphatic heterocycles. The molecule has 15 heavy (non-hydrogen) atoms. The monoisotopic (exact) mass is 321 g/mol. The predicted octanol–water partition coefficient (Wildman–Crippen LogP) is 3.46. The highest BCUT2D eigenvalue weighted by Crippen LogP contribution is 2.27. The largest absolute Gasteiger partial charge is 0.330 e. The van der Waals surface area contributed by atoms with Crippen molar-refractivity contribution >= 4 is 22.6 Å². The SMILES string of the molecule is CC(C)C(C[C@@H](I)C#CCCN)C(C)C. The second-order valence-electron chi connectivity index (χ2n) is 4.71. The van der Waals surface area contributed by atoms with E-state index in [1.54, 1.807) is 0 Å². The van der Waals surface area contributed by atoms with Crippen LogP contribution in [-0.4, -0.2) is 10.5 Å². The molecule has 0 radical (unpaired) electrons. The normalized spacial score (nSPS) is 13.1. The minimum atomic E-state index is 0.476. The van der Waals surface area contributed by atoms with Crippen LogP contribution in [0.15, 0.2) is 0 Å². The van der Waals surface area contributed by atoms with Gasteiger partial charge in [0.1, 0.15) is 0 Å². The Kier molecular flexibility index (Phi) is 8.55. The fourth-order valence-electron chi connectivity index (χ4n) is 1.87. The molecule has 2 N–H and O–H groups in total. The van der Waals surface area contributed by atoms with Crippen LogP contribution in [0.25, 0.3) is 0 Å². The summed E-state index contributed by atoms with van der Waals surface area (Å²) in [6.07, 6.45) is 2.03. The van der Waals surface area contributed by atoms with E-state index in [0.717, 1.165) is 24.2 Å². The van der Waals surface area contributed by atoms with Crippen LogP contribution < -0.4 is 5.73 Å². The first-order valence-electron chi connectivity index (χ1n) is 5.81. The maximum Gasteiger partial charge on any atom is 0.0721 e. The second-order valence-corrected chi connectivity index (χ2v) is 6.22. The van der Waals surface area contributed by atoms with Gasteiger partial charge in [0, 0.05) is 13.0 Å². The zero-order valence-electron chi connectivity index (χ0n) is 10.4. The average molecular weight is 321 g/mol. The number of hydrogen-bond acceptors (Lipinski definition) is 1. The Morgan fingerprint density at radius 3 is 2.07 bits per heavy atom. The van der Waals surface area contributed by atoms with E-state index < -0.39 is 0 Å². The fraction of sp³-hybridized carbons (Fsp3) is 0.846. The van der Waals surface area contributed by atoms with Crippen molar-refractivity contribution in [1.29, 1.82) is 0 Å². The zero-order valence-corrected chi connectivity index (χ0v) is 12.5. The standard InChI is InChI=1S/C13H24IN/c1-10(2)13(11(3)4)9-12(14)7-5-6-8-15/h10-13H,6,8-9,15H2,1-4H3/t12-/m0/s1. The fourth-order valence-corrected chi connectivity index (χ4v) is 2.67. The van der Waals surface area contributed by atoms with Gasteiger partial charge in [0.2, 0.25) is 0 Å². The summed E-state index contributed by atoms with van der Waals surface area (Å²) in [5.41, 5.74) is 5.41. The van der Waals surface area contributed by atoms with E-state index in [9.17, 15) is 0 Å². The third-order valence-corrected chi connectivity index (χ3v) is 3.54. The lowest BCUT2D eigenvalue weighted by Crippen LogP contribution is -2.19. The average Bonchev–Trinajstić information content (AvgIpc) is 2.13. The highest BCUT2D eigenvalue weighted by Gasteiger charge is 2.19. The maximum absolute atomic E-state index is 5.41. The lowest BCUT2D eigenvalue weighted by molar-refractivity contribution is 0.276. The van der Waals surface area contributed by atoms with Crippen molar-refractivity contribution in [3.05, 3.63) is 0 Å². The van der Waals surface area contributed by atoms with E-state index >= 15 is 0 Å². The highest BCUT2D eigenvalue weighted by atomic mass is 127. The summed E-state index contributed by atoms with van der Waals surface area (Å²) in [6.45, 7) is 9.90. The van der Waals surface area contributed by atoms with Crippen LogP contribution in [0.4, 0.5) is 0 Å². The van der Waals surface area contributed by atoms with Crippen molar-refractivity contribution in [3.63, 3.8) is 0 Å². The van der Waals surface area contributed by atoms with Crippen molar-refractivity contribution in [2.45, 2.75) is 44.5 Å².